The molecule has 0 spiro atoms. The van der Waals surface area contributed by atoms with Gasteiger partial charge >= 0.3 is 6.03 Å². The highest BCUT2D eigenvalue weighted by atomic mass is 32.2. The van der Waals surface area contributed by atoms with Gasteiger partial charge in [0.05, 0.1) is 25.4 Å². The molecule has 0 aromatic heterocycles. The third kappa shape index (κ3) is 7.36. The number of aliphatic hydroxyl groups is 2. The van der Waals surface area contributed by atoms with Crippen molar-refractivity contribution >= 4 is 17.8 Å². The van der Waals surface area contributed by atoms with E-state index in [9.17, 15) is 15.0 Å². The zero-order valence-corrected chi connectivity index (χ0v) is 22.4. The van der Waals surface area contributed by atoms with Crippen LogP contribution < -0.4 is 10.6 Å². The largest absolute Gasteiger partial charge is 0.396 e. The second-order valence-corrected chi connectivity index (χ2v) is 10.3. The number of amides is 2. The third-order valence-electron chi connectivity index (χ3n) is 6.53. The molecule has 202 valence electrons. The highest BCUT2D eigenvalue weighted by Crippen LogP contribution is 2.47. The molecule has 2 amide bonds. The summed E-state index contributed by atoms with van der Waals surface area (Å²) in [4.78, 5) is 11.7. The van der Waals surface area contributed by atoms with Crippen LogP contribution in [0.25, 0.3) is 0 Å². The van der Waals surface area contributed by atoms with Gasteiger partial charge in [-0.3, -0.25) is 0 Å². The number of carbonyl (C=O) groups is 1. The molecule has 0 radical (unpaired) electrons. The molecular weight excluding hydrogens is 500 g/mol. The summed E-state index contributed by atoms with van der Waals surface area (Å²) in [6.07, 6.45) is -1.01. The van der Waals surface area contributed by atoms with E-state index in [1.807, 2.05) is 73.7 Å². The van der Waals surface area contributed by atoms with Gasteiger partial charge in [0.15, 0.2) is 6.29 Å². The van der Waals surface area contributed by atoms with Crippen molar-refractivity contribution in [3.63, 3.8) is 0 Å². The minimum atomic E-state index is -0.581. The highest BCUT2D eigenvalue weighted by Gasteiger charge is 2.41. The van der Waals surface area contributed by atoms with Crippen LogP contribution in [0.3, 0.4) is 0 Å². The Hall–Kier alpha value is -2.88. The smallest absolute Gasteiger partial charge is 0.315 e. The highest BCUT2D eigenvalue weighted by molar-refractivity contribution is 7.99. The van der Waals surface area contributed by atoms with Gasteiger partial charge in [0.1, 0.15) is 0 Å². The predicted molar refractivity (Wildman–Crippen MR) is 150 cm³/mol. The Labute approximate surface area is 228 Å². The van der Waals surface area contributed by atoms with Crippen LogP contribution >= 0.6 is 11.8 Å². The summed E-state index contributed by atoms with van der Waals surface area (Å²) in [6, 6.07) is 25.9. The van der Waals surface area contributed by atoms with Crippen molar-refractivity contribution in [2.24, 2.45) is 0 Å². The SMILES string of the molecule is CCNC(=O)NCc1ccc(C2O[C@H](CSCCO)[C@@H](c3ccccc3)[C@H](c3ccc(CO)cc3)O2)cc1. The molecule has 1 aliphatic rings. The van der Waals surface area contributed by atoms with Crippen LogP contribution in [0.1, 0.15) is 53.1 Å². The van der Waals surface area contributed by atoms with Crippen molar-refractivity contribution in [2.75, 3.05) is 24.7 Å². The summed E-state index contributed by atoms with van der Waals surface area (Å²) >= 11 is 1.66. The van der Waals surface area contributed by atoms with E-state index in [-0.39, 0.29) is 37.4 Å². The van der Waals surface area contributed by atoms with Crippen LogP contribution in [0.2, 0.25) is 0 Å². The van der Waals surface area contributed by atoms with Gasteiger partial charge in [0.2, 0.25) is 0 Å². The second kappa shape index (κ2) is 14.3. The van der Waals surface area contributed by atoms with Crippen molar-refractivity contribution in [3.05, 3.63) is 107 Å². The molecule has 0 saturated carbocycles. The van der Waals surface area contributed by atoms with Crippen LogP contribution in [0.5, 0.6) is 0 Å². The van der Waals surface area contributed by atoms with Gasteiger partial charge in [0, 0.05) is 36.1 Å². The molecule has 38 heavy (non-hydrogen) atoms. The first-order valence-corrected chi connectivity index (χ1v) is 14.1. The Kier molecular flexibility index (Phi) is 10.6. The van der Waals surface area contributed by atoms with Crippen molar-refractivity contribution in [1.82, 2.24) is 10.6 Å². The van der Waals surface area contributed by atoms with Gasteiger partial charge < -0.3 is 30.3 Å². The van der Waals surface area contributed by atoms with E-state index >= 15 is 0 Å². The quantitative estimate of drug-likeness (QED) is 0.266. The van der Waals surface area contributed by atoms with E-state index < -0.39 is 6.29 Å². The maximum absolute atomic E-state index is 11.7. The fraction of sp³-hybridized carbons (Fsp3) is 0.367. The number of nitrogens with one attached hydrogen (secondary N) is 2. The number of urea groups is 1. The van der Waals surface area contributed by atoms with E-state index in [1.165, 1.54) is 0 Å². The predicted octanol–water partition coefficient (Wildman–Crippen LogP) is 4.66. The Balaban J connectivity index is 1.61. The summed E-state index contributed by atoms with van der Waals surface area (Å²) in [7, 11) is 0. The summed E-state index contributed by atoms with van der Waals surface area (Å²) < 4.78 is 13.3. The summed E-state index contributed by atoms with van der Waals surface area (Å²) in [5.74, 6) is 1.29. The number of benzene rings is 3. The molecule has 1 fully saturated rings. The van der Waals surface area contributed by atoms with Crippen molar-refractivity contribution in [2.45, 2.75) is 44.5 Å². The minimum absolute atomic E-state index is 0.0125. The standard InChI is InChI=1S/C30H36N2O5S/c1-2-31-30(35)32-18-21-8-14-25(15-9-21)29-36-26(20-38-17-16-33)27(23-6-4-3-5-7-23)28(37-29)24-12-10-22(19-34)11-13-24/h3-15,26-29,33-34H,2,16-20H2,1H3,(H2,31,32,35)/t26-,27-,28+,29?/m1/s1. The van der Waals surface area contributed by atoms with E-state index in [2.05, 4.69) is 22.8 Å². The van der Waals surface area contributed by atoms with Crippen LogP contribution in [0.4, 0.5) is 4.79 Å². The molecule has 1 saturated heterocycles. The molecule has 3 aromatic rings. The third-order valence-corrected chi connectivity index (χ3v) is 7.57. The molecular formula is C30H36N2O5S. The molecule has 3 aromatic carbocycles. The number of thioether (sulfide) groups is 1. The second-order valence-electron chi connectivity index (χ2n) is 9.15. The zero-order valence-electron chi connectivity index (χ0n) is 21.6. The normalized spacial score (nSPS) is 21.1. The summed E-state index contributed by atoms with van der Waals surface area (Å²) in [5.41, 5.74) is 4.87. The lowest BCUT2D eigenvalue weighted by Gasteiger charge is -2.43. The summed E-state index contributed by atoms with van der Waals surface area (Å²) in [5, 5.41) is 24.5. The maximum atomic E-state index is 11.7. The first-order valence-electron chi connectivity index (χ1n) is 13.0. The lowest BCUT2D eigenvalue weighted by molar-refractivity contribution is -0.255. The molecule has 0 aliphatic carbocycles. The van der Waals surface area contributed by atoms with Crippen LogP contribution in [0, 0.1) is 0 Å². The van der Waals surface area contributed by atoms with Gasteiger partial charge in [-0.25, -0.2) is 4.79 Å². The maximum Gasteiger partial charge on any atom is 0.315 e. The van der Waals surface area contributed by atoms with Gasteiger partial charge in [0.25, 0.3) is 0 Å². The number of aliphatic hydroxyl groups excluding tert-OH is 2. The minimum Gasteiger partial charge on any atom is -0.396 e. The molecule has 4 atom stereocenters. The number of hydrogen-bond donors (Lipinski definition) is 4. The van der Waals surface area contributed by atoms with Crippen molar-refractivity contribution < 1.29 is 24.5 Å². The monoisotopic (exact) mass is 536 g/mol. The molecule has 1 unspecified atom stereocenters. The molecule has 1 heterocycles. The Morgan fingerprint density at radius 2 is 1.53 bits per heavy atom. The van der Waals surface area contributed by atoms with Crippen LogP contribution in [0.15, 0.2) is 78.9 Å². The van der Waals surface area contributed by atoms with Crippen LogP contribution in [-0.4, -0.2) is 47.0 Å². The zero-order chi connectivity index (χ0) is 26.7. The number of hydrogen-bond acceptors (Lipinski definition) is 6. The Morgan fingerprint density at radius 3 is 2.18 bits per heavy atom. The van der Waals surface area contributed by atoms with Gasteiger partial charge in [-0.15, -0.1) is 0 Å². The fourth-order valence-corrected chi connectivity index (χ4v) is 5.43. The molecule has 4 N–H and O–H groups in total. The van der Waals surface area contributed by atoms with E-state index in [4.69, 9.17) is 9.47 Å². The lowest BCUT2D eigenvalue weighted by Crippen LogP contribution is -2.38. The Morgan fingerprint density at radius 1 is 0.842 bits per heavy atom. The molecule has 0 bridgehead atoms. The van der Waals surface area contributed by atoms with E-state index in [0.717, 1.165) is 27.8 Å². The van der Waals surface area contributed by atoms with Gasteiger partial charge in [-0.2, -0.15) is 11.8 Å². The molecule has 8 heteroatoms. The summed E-state index contributed by atoms with van der Waals surface area (Å²) in [6.45, 7) is 2.98. The molecule has 7 nitrogen and oxygen atoms in total. The number of rotatable bonds is 11. The van der Waals surface area contributed by atoms with E-state index in [1.54, 1.807) is 11.8 Å². The first-order chi connectivity index (χ1) is 18.6. The van der Waals surface area contributed by atoms with Gasteiger partial charge in [-0.1, -0.05) is 78.9 Å². The van der Waals surface area contributed by atoms with Crippen molar-refractivity contribution in [1.29, 1.82) is 0 Å². The number of ether oxygens (including phenoxy) is 2. The average molecular weight is 537 g/mol. The Bertz CT molecular complexity index is 1130. The topological polar surface area (TPSA) is 100 Å². The van der Waals surface area contributed by atoms with Gasteiger partial charge in [-0.05, 0) is 29.2 Å². The van der Waals surface area contributed by atoms with Crippen molar-refractivity contribution in [3.8, 4) is 0 Å². The van der Waals surface area contributed by atoms with Crippen LogP contribution in [-0.2, 0) is 22.6 Å². The average Bonchev–Trinajstić information content (AvgIpc) is 2.97. The first kappa shape index (κ1) is 28.1. The number of carbonyl (C=O) groups excluding carboxylic acids is 1. The van der Waals surface area contributed by atoms with E-state index in [0.29, 0.717) is 24.6 Å². The molecule has 4 rings (SSSR count). The molecule has 1 aliphatic heterocycles. The fourth-order valence-electron chi connectivity index (χ4n) is 4.61. The lowest BCUT2D eigenvalue weighted by atomic mass is 9.84.